The number of aromatic nitrogens is 2. The highest BCUT2D eigenvalue weighted by molar-refractivity contribution is 8.00. The first-order chi connectivity index (χ1) is 12.9. The lowest BCUT2D eigenvalue weighted by atomic mass is 10.0. The number of rotatable bonds is 5. The summed E-state index contributed by atoms with van der Waals surface area (Å²) in [5, 5.41) is -0.233. The third-order valence-electron chi connectivity index (χ3n) is 4.36. The van der Waals surface area contributed by atoms with Gasteiger partial charge in [-0.25, -0.2) is 9.37 Å². The Morgan fingerprint density at radius 1 is 1.11 bits per heavy atom. The van der Waals surface area contributed by atoms with E-state index in [2.05, 4.69) is 4.98 Å². The van der Waals surface area contributed by atoms with Crippen LogP contribution in [0.5, 0.6) is 0 Å². The van der Waals surface area contributed by atoms with Gasteiger partial charge >= 0.3 is 0 Å². The van der Waals surface area contributed by atoms with E-state index in [1.165, 1.54) is 41.2 Å². The Morgan fingerprint density at radius 2 is 1.81 bits per heavy atom. The van der Waals surface area contributed by atoms with Crippen LogP contribution in [-0.4, -0.2) is 20.6 Å². The van der Waals surface area contributed by atoms with Gasteiger partial charge in [0.05, 0.1) is 5.25 Å². The van der Waals surface area contributed by atoms with E-state index in [9.17, 15) is 14.0 Å². The van der Waals surface area contributed by atoms with Crippen molar-refractivity contribution < 1.29 is 9.18 Å². The number of ketones is 1. The summed E-state index contributed by atoms with van der Waals surface area (Å²) in [6.45, 7) is 5.72. The molecule has 138 valence electrons. The molecule has 0 bridgehead atoms. The van der Waals surface area contributed by atoms with Gasteiger partial charge in [0.25, 0.3) is 5.56 Å². The fourth-order valence-electron chi connectivity index (χ4n) is 2.63. The van der Waals surface area contributed by atoms with Crippen molar-refractivity contribution in [3.05, 3.63) is 87.7 Å². The van der Waals surface area contributed by atoms with E-state index in [-0.39, 0.29) is 22.2 Å². The molecule has 0 aliphatic rings. The molecule has 0 N–H and O–H groups in total. The maximum atomic E-state index is 13.1. The number of aryl methyl sites for hydroxylation is 2. The molecule has 0 spiro atoms. The first-order valence-corrected chi connectivity index (χ1v) is 9.36. The van der Waals surface area contributed by atoms with Crippen LogP contribution in [0.15, 0.2) is 64.7 Å². The van der Waals surface area contributed by atoms with Crippen molar-refractivity contribution in [1.29, 1.82) is 0 Å². The van der Waals surface area contributed by atoms with Crippen molar-refractivity contribution in [2.45, 2.75) is 31.0 Å². The highest BCUT2D eigenvalue weighted by Gasteiger charge is 2.20. The average molecular weight is 382 g/mol. The zero-order valence-electron chi connectivity index (χ0n) is 15.3. The van der Waals surface area contributed by atoms with Gasteiger partial charge in [-0.2, -0.15) is 0 Å². The van der Waals surface area contributed by atoms with E-state index in [0.717, 1.165) is 22.9 Å². The van der Waals surface area contributed by atoms with Crippen LogP contribution in [0.25, 0.3) is 5.69 Å². The molecule has 0 amide bonds. The molecule has 0 saturated heterocycles. The van der Waals surface area contributed by atoms with Crippen LogP contribution in [0.4, 0.5) is 4.39 Å². The van der Waals surface area contributed by atoms with Crippen LogP contribution in [-0.2, 0) is 0 Å². The Morgan fingerprint density at radius 3 is 2.48 bits per heavy atom. The van der Waals surface area contributed by atoms with E-state index < -0.39 is 5.25 Å². The lowest BCUT2D eigenvalue weighted by Gasteiger charge is -2.12. The van der Waals surface area contributed by atoms with Gasteiger partial charge in [-0.3, -0.25) is 14.2 Å². The van der Waals surface area contributed by atoms with Gasteiger partial charge in [0.15, 0.2) is 10.8 Å². The van der Waals surface area contributed by atoms with Gasteiger partial charge < -0.3 is 0 Å². The molecule has 0 aliphatic heterocycles. The minimum Gasteiger partial charge on any atom is -0.293 e. The minimum absolute atomic E-state index is 0.0542. The molecule has 1 heterocycles. The van der Waals surface area contributed by atoms with Crippen molar-refractivity contribution in [2.75, 3.05) is 0 Å². The van der Waals surface area contributed by atoms with E-state index in [0.29, 0.717) is 11.3 Å². The van der Waals surface area contributed by atoms with Crippen LogP contribution in [0, 0.1) is 19.7 Å². The molecular weight excluding hydrogens is 363 g/mol. The lowest BCUT2D eigenvalue weighted by Crippen LogP contribution is -2.23. The minimum atomic E-state index is -0.462. The van der Waals surface area contributed by atoms with Crippen LogP contribution in [0.1, 0.15) is 28.4 Å². The summed E-state index contributed by atoms with van der Waals surface area (Å²) >= 11 is 1.13. The molecule has 1 atom stereocenters. The average Bonchev–Trinajstić information content (AvgIpc) is 2.66. The van der Waals surface area contributed by atoms with Crippen LogP contribution in [0.3, 0.4) is 0 Å². The fourth-order valence-corrected chi connectivity index (χ4v) is 3.53. The van der Waals surface area contributed by atoms with E-state index in [4.69, 9.17) is 0 Å². The largest absolute Gasteiger partial charge is 0.293 e. The first kappa shape index (κ1) is 19.0. The number of hydrogen-bond donors (Lipinski definition) is 0. The standard InChI is InChI=1S/C21H19FN2O2S/c1-13-4-5-16(12-14(13)2)19(25)15(3)27-20-21(26)24(11-10-23-20)18-8-6-17(22)7-9-18/h4-12,15H,1-3H3. The Hall–Kier alpha value is -2.73. The predicted octanol–water partition coefficient (Wildman–Crippen LogP) is 4.35. The van der Waals surface area contributed by atoms with Gasteiger partial charge in [-0.05, 0) is 62.2 Å². The second-order valence-electron chi connectivity index (χ2n) is 6.31. The second-order valence-corrected chi connectivity index (χ2v) is 7.64. The van der Waals surface area contributed by atoms with E-state index in [1.54, 1.807) is 13.0 Å². The monoisotopic (exact) mass is 382 g/mol. The number of carbonyl (C=O) groups excluding carboxylic acids is 1. The molecule has 4 nitrogen and oxygen atoms in total. The molecule has 0 fully saturated rings. The van der Waals surface area contributed by atoms with Crippen molar-refractivity contribution >= 4 is 17.5 Å². The molecular formula is C21H19FN2O2S. The summed E-state index contributed by atoms with van der Waals surface area (Å²) in [6.07, 6.45) is 3.02. The van der Waals surface area contributed by atoms with Crippen LogP contribution < -0.4 is 5.56 Å². The zero-order valence-corrected chi connectivity index (χ0v) is 16.1. The highest BCUT2D eigenvalue weighted by atomic mass is 32.2. The number of thioether (sulfide) groups is 1. The third kappa shape index (κ3) is 4.17. The lowest BCUT2D eigenvalue weighted by molar-refractivity contribution is 0.0994. The molecule has 2 aromatic carbocycles. The summed E-state index contributed by atoms with van der Waals surface area (Å²) in [7, 11) is 0. The molecule has 0 aliphatic carbocycles. The summed E-state index contributed by atoms with van der Waals surface area (Å²) in [5.74, 6) is -0.426. The molecule has 0 saturated carbocycles. The predicted molar refractivity (Wildman–Crippen MR) is 105 cm³/mol. The Balaban J connectivity index is 1.86. The molecule has 27 heavy (non-hydrogen) atoms. The Kier molecular flexibility index (Phi) is 5.56. The Bertz CT molecular complexity index is 1040. The zero-order chi connectivity index (χ0) is 19.6. The van der Waals surface area contributed by atoms with Crippen molar-refractivity contribution in [2.24, 2.45) is 0 Å². The highest BCUT2D eigenvalue weighted by Crippen LogP contribution is 2.23. The van der Waals surface area contributed by atoms with Crippen LogP contribution >= 0.6 is 11.8 Å². The smallest absolute Gasteiger partial charge is 0.287 e. The second kappa shape index (κ2) is 7.88. The van der Waals surface area contributed by atoms with Crippen molar-refractivity contribution in [1.82, 2.24) is 9.55 Å². The molecule has 3 rings (SSSR count). The van der Waals surface area contributed by atoms with Gasteiger partial charge in [-0.15, -0.1) is 0 Å². The quantitative estimate of drug-likeness (QED) is 0.486. The van der Waals surface area contributed by atoms with Crippen molar-refractivity contribution in [3.8, 4) is 5.69 Å². The summed E-state index contributed by atoms with van der Waals surface area (Å²) in [4.78, 5) is 29.6. The molecule has 6 heteroatoms. The maximum Gasteiger partial charge on any atom is 0.287 e. The number of Topliss-reactive ketones (excluding diaryl/α,β-unsaturated/α-hetero) is 1. The molecule has 0 radical (unpaired) electrons. The first-order valence-electron chi connectivity index (χ1n) is 8.48. The van der Waals surface area contributed by atoms with Gasteiger partial charge in [0.1, 0.15) is 5.82 Å². The number of hydrogen-bond acceptors (Lipinski definition) is 4. The number of benzene rings is 2. The summed E-state index contributed by atoms with van der Waals surface area (Å²) in [5.41, 5.74) is 2.99. The number of nitrogens with zero attached hydrogens (tertiary/aromatic N) is 2. The van der Waals surface area contributed by atoms with Crippen LogP contribution in [0.2, 0.25) is 0 Å². The van der Waals surface area contributed by atoms with E-state index >= 15 is 0 Å². The Labute approximate surface area is 161 Å². The number of carbonyl (C=O) groups is 1. The van der Waals surface area contributed by atoms with Gasteiger partial charge in [-0.1, -0.05) is 23.9 Å². The molecule has 3 aromatic rings. The van der Waals surface area contributed by atoms with Crippen molar-refractivity contribution in [3.63, 3.8) is 0 Å². The van der Waals surface area contributed by atoms with E-state index in [1.807, 2.05) is 26.0 Å². The summed E-state index contributed by atoms with van der Waals surface area (Å²) < 4.78 is 14.5. The fraction of sp³-hybridized carbons (Fsp3) is 0.190. The maximum absolute atomic E-state index is 13.1. The number of halogens is 1. The molecule has 1 aromatic heterocycles. The normalized spacial score (nSPS) is 12.0. The third-order valence-corrected chi connectivity index (χ3v) is 5.43. The summed E-state index contributed by atoms with van der Waals surface area (Å²) in [6, 6.07) is 11.2. The molecule has 1 unspecified atom stereocenters. The van der Waals surface area contributed by atoms with Gasteiger partial charge in [0.2, 0.25) is 0 Å². The van der Waals surface area contributed by atoms with Gasteiger partial charge in [0, 0.05) is 23.6 Å². The SMILES string of the molecule is Cc1ccc(C(=O)C(C)Sc2nccn(-c3ccc(F)cc3)c2=O)cc1C. The topological polar surface area (TPSA) is 52.0 Å².